The average molecular weight is 184 g/mol. The molecule has 0 fully saturated rings. The third kappa shape index (κ3) is 4.79. The van der Waals surface area contributed by atoms with Gasteiger partial charge in [0.25, 0.3) is 0 Å². The predicted molar refractivity (Wildman–Crippen MR) is 46.4 cm³/mol. The normalized spacial score (nSPS) is 11.2. The highest BCUT2D eigenvalue weighted by molar-refractivity contribution is 5.81. The first-order valence-electron chi connectivity index (χ1n) is 3.77. The van der Waals surface area contributed by atoms with Crippen LogP contribution in [-0.2, 0) is 19.4 Å². The van der Waals surface area contributed by atoms with E-state index in [1.54, 1.807) is 13.0 Å². The van der Waals surface area contributed by atoms with Crippen LogP contribution >= 0.6 is 0 Å². The lowest BCUT2D eigenvalue weighted by Gasteiger charge is -2.05. The van der Waals surface area contributed by atoms with Crippen molar-refractivity contribution in [1.82, 2.24) is 0 Å². The molecule has 0 heterocycles. The summed E-state index contributed by atoms with van der Waals surface area (Å²) < 4.78 is 0. The van der Waals surface area contributed by atoms with Gasteiger partial charge in [-0.25, -0.2) is 19.4 Å². The molecule has 0 aliphatic rings. The van der Waals surface area contributed by atoms with E-state index < -0.39 is 11.9 Å². The van der Waals surface area contributed by atoms with Gasteiger partial charge in [0.2, 0.25) is 0 Å². The largest absolute Gasteiger partial charge is 0.378 e. The number of allylic oxidation sites excluding steroid dienone is 1. The van der Waals surface area contributed by atoms with Crippen molar-refractivity contribution >= 4 is 11.9 Å². The van der Waals surface area contributed by atoms with Gasteiger partial charge in [-0.2, -0.15) is 0 Å². The Labute approximate surface area is 76.8 Å². The zero-order valence-corrected chi connectivity index (χ0v) is 7.49. The highest BCUT2D eigenvalue weighted by atomic mass is 17.2. The first kappa shape index (κ1) is 11.4. The summed E-state index contributed by atoms with van der Waals surface area (Å²) in [5, 5.41) is 0. The van der Waals surface area contributed by atoms with E-state index in [0.717, 1.165) is 6.08 Å². The highest BCUT2D eigenvalue weighted by Crippen LogP contribution is 2.04. The van der Waals surface area contributed by atoms with Crippen LogP contribution in [0.15, 0.2) is 25.3 Å². The zero-order valence-electron chi connectivity index (χ0n) is 7.49. The lowest BCUT2D eigenvalue weighted by molar-refractivity contribution is -0.257. The second kappa shape index (κ2) is 5.99. The van der Waals surface area contributed by atoms with Crippen LogP contribution < -0.4 is 0 Å². The topological polar surface area (TPSA) is 52.6 Å². The molecule has 0 amide bonds. The molecule has 0 rings (SSSR count). The Morgan fingerprint density at radius 3 is 2.46 bits per heavy atom. The van der Waals surface area contributed by atoms with E-state index in [4.69, 9.17) is 0 Å². The third-order valence-electron chi connectivity index (χ3n) is 1.30. The molecular formula is C9H12O4. The molecule has 0 saturated carbocycles. The number of carbonyl (C=O) groups excluding carboxylic acids is 2. The maximum Gasteiger partial charge on any atom is 0.378 e. The summed E-state index contributed by atoms with van der Waals surface area (Å²) in [6.07, 6.45) is 2.97. The molecule has 0 spiro atoms. The second-order valence-corrected chi connectivity index (χ2v) is 2.43. The van der Waals surface area contributed by atoms with Crippen molar-refractivity contribution in [2.24, 2.45) is 5.92 Å². The summed E-state index contributed by atoms with van der Waals surface area (Å²) in [6, 6.07) is 0. The minimum absolute atomic E-state index is 0.366. The maximum absolute atomic E-state index is 11.0. The van der Waals surface area contributed by atoms with Crippen molar-refractivity contribution in [3.63, 3.8) is 0 Å². The van der Waals surface area contributed by atoms with E-state index in [1.165, 1.54) is 0 Å². The van der Waals surface area contributed by atoms with Gasteiger partial charge < -0.3 is 0 Å². The van der Waals surface area contributed by atoms with Gasteiger partial charge in [-0.05, 0) is 6.42 Å². The summed E-state index contributed by atoms with van der Waals surface area (Å²) in [7, 11) is 0. The quantitative estimate of drug-likeness (QED) is 0.287. The van der Waals surface area contributed by atoms with Crippen molar-refractivity contribution in [1.29, 1.82) is 0 Å². The SMILES string of the molecule is C=CCC(C)C(=O)OOC(=O)C=C. The smallest absolute Gasteiger partial charge is 0.247 e. The van der Waals surface area contributed by atoms with Gasteiger partial charge in [-0.1, -0.05) is 19.6 Å². The fourth-order valence-electron chi connectivity index (χ4n) is 0.545. The van der Waals surface area contributed by atoms with E-state index in [0.29, 0.717) is 6.42 Å². The monoisotopic (exact) mass is 184 g/mol. The van der Waals surface area contributed by atoms with Gasteiger partial charge in [-0.3, -0.25) is 0 Å². The Morgan fingerprint density at radius 1 is 1.38 bits per heavy atom. The maximum atomic E-state index is 11.0. The molecule has 4 heteroatoms. The Hall–Kier alpha value is -1.58. The molecular weight excluding hydrogens is 172 g/mol. The molecule has 72 valence electrons. The lowest BCUT2D eigenvalue weighted by Crippen LogP contribution is -2.16. The molecule has 1 unspecified atom stereocenters. The van der Waals surface area contributed by atoms with E-state index in [2.05, 4.69) is 22.9 Å². The van der Waals surface area contributed by atoms with Gasteiger partial charge in [0.1, 0.15) is 0 Å². The Balaban J connectivity index is 3.79. The molecule has 4 nitrogen and oxygen atoms in total. The standard InChI is InChI=1S/C9H12O4/c1-4-6-7(3)9(11)13-12-8(10)5-2/h4-5,7H,1-2,6H2,3H3. The lowest BCUT2D eigenvalue weighted by atomic mass is 10.1. The van der Waals surface area contributed by atoms with Crippen molar-refractivity contribution in [3.8, 4) is 0 Å². The number of hydrogen-bond donors (Lipinski definition) is 0. The molecule has 0 bridgehead atoms. The first-order valence-corrected chi connectivity index (χ1v) is 3.77. The van der Waals surface area contributed by atoms with Crippen LogP contribution in [0, 0.1) is 5.92 Å². The summed E-state index contributed by atoms with van der Waals surface area (Å²) in [4.78, 5) is 29.7. The highest BCUT2D eigenvalue weighted by Gasteiger charge is 2.15. The molecule has 13 heavy (non-hydrogen) atoms. The van der Waals surface area contributed by atoms with E-state index >= 15 is 0 Å². The molecule has 1 atom stereocenters. The van der Waals surface area contributed by atoms with Gasteiger partial charge in [0.15, 0.2) is 0 Å². The molecule has 0 radical (unpaired) electrons. The Morgan fingerprint density at radius 2 is 2.00 bits per heavy atom. The number of hydrogen-bond acceptors (Lipinski definition) is 4. The van der Waals surface area contributed by atoms with Crippen molar-refractivity contribution < 1.29 is 19.4 Å². The van der Waals surface area contributed by atoms with Gasteiger partial charge >= 0.3 is 11.9 Å². The molecule has 0 aromatic heterocycles. The minimum atomic E-state index is -0.792. The van der Waals surface area contributed by atoms with Crippen LogP contribution in [0.5, 0.6) is 0 Å². The van der Waals surface area contributed by atoms with Crippen LogP contribution in [0.2, 0.25) is 0 Å². The molecule has 0 aliphatic carbocycles. The van der Waals surface area contributed by atoms with Crippen LogP contribution in [0.25, 0.3) is 0 Å². The molecule has 0 N–H and O–H groups in total. The first-order chi connectivity index (χ1) is 6.11. The Kier molecular flexibility index (Phi) is 5.27. The van der Waals surface area contributed by atoms with E-state index in [-0.39, 0.29) is 5.92 Å². The van der Waals surface area contributed by atoms with Gasteiger partial charge in [0, 0.05) is 6.08 Å². The Bertz CT molecular complexity index is 220. The van der Waals surface area contributed by atoms with Crippen molar-refractivity contribution in [2.45, 2.75) is 13.3 Å². The molecule has 0 saturated heterocycles. The zero-order chi connectivity index (χ0) is 10.3. The fourth-order valence-corrected chi connectivity index (χ4v) is 0.545. The van der Waals surface area contributed by atoms with Gasteiger partial charge in [0.05, 0.1) is 5.92 Å². The van der Waals surface area contributed by atoms with Gasteiger partial charge in [-0.15, -0.1) is 6.58 Å². The van der Waals surface area contributed by atoms with E-state index in [9.17, 15) is 9.59 Å². The second-order valence-electron chi connectivity index (χ2n) is 2.43. The van der Waals surface area contributed by atoms with Crippen molar-refractivity contribution in [2.75, 3.05) is 0 Å². The van der Waals surface area contributed by atoms with Crippen LogP contribution in [0.3, 0.4) is 0 Å². The number of rotatable bonds is 4. The molecule has 0 aliphatic heterocycles. The predicted octanol–water partition coefficient (Wildman–Crippen LogP) is 1.39. The minimum Gasteiger partial charge on any atom is -0.247 e. The number of carbonyl (C=O) groups is 2. The van der Waals surface area contributed by atoms with Crippen LogP contribution in [0.4, 0.5) is 0 Å². The molecule has 0 aromatic rings. The van der Waals surface area contributed by atoms with Crippen LogP contribution in [-0.4, -0.2) is 11.9 Å². The van der Waals surface area contributed by atoms with Crippen molar-refractivity contribution in [3.05, 3.63) is 25.3 Å². The fraction of sp³-hybridized carbons (Fsp3) is 0.333. The average Bonchev–Trinajstić information content (AvgIpc) is 2.13. The van der Waals surface area contributed by atoms with Crippen LogP contribution in [0.1, 0.15) is 13.3 Å². The summed E-state index contributed by atoms with van der Waals surface area (Å²) in [6.45, 7) is 8.25. The summed E-state index contributed by atoms with van der Waals surface area (Å²) >= 11 is 0. The third-order valence-corrected chi connectivity index (χ3v) is 1.30. The summed E-state index contributed by atoms with van der Waals surface area (Å²) in [5.41, 5.74) is 0. The molecule has 0 aromatic carbocycles. The summed E-state index contributed by atoms with van der Waals surface area (Å²) in [5.74, 6) is -1.76. The van der Waals surface area contributed by atoms with E-state index in [1.807, 2.05) is 0 Å².